The normalized spacial score (nSPS) is 13.1. The van der Waals surface area contributed by atoms with Crippen molar-refractivity contribution in [2.75, 3.05) is 17.1 Å². The van der Waals surface area contributed by atoms with Crippen LogP contribution in [0, 0.1) is 6.92 Å². The largest absolute Gasteiger partial charge is 0.416 e. The highest BCUT2D eigenvalue weighted by atomic mass is 32.2. The molecule has 11 heteroatoms. The summed E-state index contributed by atoms with van der Waals surface area (Å²) in [5.74, 6) is -0.708. The van der Waals surface area contributed by atoms with Crippen LogP contribution in [-0.2, 0) is 32.3 Å². The minimum atomic E-state index is -4.63. The molecular formula is C27H36F3N3O4S. The van der Waals surface area contributed by atoms with Crippen LogP contribution in [0.3, 0.4) is 0 Å². The number of anilines is 1. The molecular weight excluding hydrogens is 519 g/mol. The Morgan fingerprint density at radius 1 is 1.03 bits per heavy atom. The number of aryl methyl sites for hydroxylation is 1. The molecule has 2 rings (SSSR count). The smallest absolute Gasteiger partial charge is 0.350 e. The maximum absolute atomic E-state index is 13.3. The Bertz CT molecular complexity index is 1240. The molecule has 2 aromatic carbocycles. The Labute approximate surface area is 223 Å². The van der Waals surface area contributed by atoms with Crippen LogP contribution >= 0.6 is 0 Å². The van der Waals surface area contributed by atoms with Crippen molar-refractivity contribution >= 4 is 27.5 Å². The van der Waals surface area contributed by atoms with E-state index in [0.717, 1.165) is 39.9 Å². The summed E-state index contributed by atoms with van der Waals surface area (Å²) in [6.45, 7) is 9.00. The number of amides is 2. The molecule has 0 aromatic heterocycles. The predicted molar refractivity (Wildman–Crippen MR) is 142 cm³/mol. The number of halogens is 3. The van der Waals surface area contributed by atoms with Gasteiger partial charge in [0.15, 0.2) is 0 Å². The van der Waals surface area contributed by atoms with Gasteiger partial charge in [0, 0.05) is 25.0 Å². The molecule has 1 atom stereocenters. The van der Waals surface area contributed by atoms with Gasteiger partial charge < -0.3 is 10.2 Å². The van der Waals surface area contributed by atoms with Crippen LogP contribution in [0.15, 0.2) is 48.5 Å². The highest BCUT2D eigenvalue weighted by Gasteiger charge is 2.32. The van der Waals surface area contributed by atoms with Crippen LogP contribution in [0.5, 0.6) is 0 Å². The quantitative estimate of drug-likeness (QED) is 0.452. The van der Waals surface area contributed by atoms with Crippen molar-refractivity contribution in [1.82, 2.24) is 10.2 Å². The van der Waals surface area contributed by atoms with Gasteiger partial charge in [0.05, 0.1) is 17.5 Å². The Balaban J connectivity index is 2.24. The summed E-state index contributed by atoms with van der Waals surface area (Å²) in [6.07, 6.45) is -3.79. The minimum absolute atomic E-state index is 0.0417. The van der Waals surface area contributed by atoms with Crippen LogP contribution in [0.4, 0.5) is 18.9 Å². The number of sulfonamides is 1. The number of nitrogens with one attached hydrogen (secondary N) is 1. The highest BCUT2D eigenvalue weighted by Crippen LogP contribution is 2.32. The van der Waals surface area contributed by atoms with Gasteiger partial charge in [0.1, 0.15) is 6.04 Å². The van der Waals surface area contributed by atoms with Gasteiger partial charge in [-0.05, 0) is 64.8 Å². The lowest BCUT2D eigenvalue weighted by molar-refractivity contribution is -0.141. The van der Waals surface area contributed by atoms with E-state index < -0.39 is 33.3 Å². The first-order chi connectivity index (χ1) is 17.4. The van der Waals surface area contributed by atoms with E-state index in [1.165, 1.54) is 11.0 Å². The molecule has 1 N–H and O–H groups in total. The SMILES string of the molecule is Cc1cccc(CN(C(=O)CCCN(c2cccc(C(F)(F)F)c2)S(C)(=O)=O)C(C)C(=O)NC(C)(C)C)c1. The average Bonchev–Trinajstić information content (AvgIpc) is 2.77. The second-order valence-corrected chi connectivity index (χ2v) is 12.3. The van der Waals surface area contributed by atoms with Gasteiger partial charge in [-0.15, -0.1) is 0 Å². The van der Waals surface area contributed by atoms with Crippen molar-refractivity contribution in [2.45, 2.75) is 71.8 Å². The van der Waals surface area contributed by atoms with Gasteiger partial charge in [-0.1, -0.05) is 35.9 Å². The summed E-state index contributed by atoms with van der Waals surface area (Å²) in [5.41, 5.74) is 0.207. The van der Waals surface area contributed by atoms with E-state index in [0.29, 0.717) is 0 Å². The first kappa shape index (κ1) is 31.1. The second kappa shape index (κ2) is 12.2. The molecule has 0 heterocycles. The van der Waals surface area contributed by atoms with Crippen molar-refractivity contribution in [3.05, 3.63) is 65.2 Å². The van der Waals surface area contributed by atoms with Crippen LogP contribution in [-0.4, -0.2) is 49.5 Å². The zero-order chi connectivity index (χ0) is 28.9. The lowest BCUT2D eigenvalue weighted by atomic mass is 10.1. The van der Waals surface area contributed by atoms with Crippen molar-refractivity contribution in [1.29, 1.82) is 0 Å². The van der Waals surface area contributed by atoms with E-state index in [9.17, 15) is 31.2 Å². The third kappa shape index (κ3) is 9.34. The van der Waals surface area contributed by atoms with Gasteiger partial charge >= 0.3 is 6.18 Å². The fourth-order valence-electron chi connectivity index (χ4n) is 3.91. The van der Waals surface area contributed by atoms with E-state index in [-0.39, 0.29) is 43.4 Å². The molecule has 0 aliphatic heterocycles. The van der Waals surface area contributed by atoms with Crippen molar-refractivity contribution in [3.8, 4) is 0 Å². The van der Waals surface area contributed by atoms with Crippen LogP contribution in [0.1, 0.15) is 57.2 Å². The number of benzene rings is 2. The van der Waals surface area contributed by atoms with E-state index in [4.69, 9.17) is 0 Å². The lowest BCUT2D eigenvalue weighted by Gasteiger charge is -2.32. The van der Waals surface area contributed by atoms with E-state index in [2.05, 4.69) is 5.32 Å². The third-order valence-corrected chi connectivity index (χ3v) is 6.91. The lowest BCUT2D eigenvalue weighted by Crippen LogP contribution is -2.52. The number of alkyl halides is 3. The summed E-state index contributed by atoms with van der Waals surface area (Å²) < 4.78 is 65.2. The summed E-state index contributed by atoms with van der Waals surface area (Å²) >= 11 is 0. The van der Waals surface area contributed by atoms with E-state index in [1.54, 1.807) is 6.92 Å². The van der Waals surface area contributed by atoms with Crippen molar-refractivity contribution < 1.29 is 31.2 Å². The van der Waals surface area contributed by atoms with E-state index in [1.807, 2.05) is 52.0 Å². The highest BCUT2D eigenvalue weighted by molar-refractivity contribution is 7.92. The molecule has 0 bridgehead atoms. The molecule has 7 nitrogen and oxygen atoms in total. The topological polar surface area (TPSA) is 86.8 Å². The number of carbonyl (C=O) groups is 2. The molecule has 1 unspecified atom stereocenters. The standard InChI is InChI=1S/C27H36F3N3O4S/c1-19-10-7-11-21(16-19)18-32(20(2)25(35)31-26(3,4)5)24(34)14-9-15-33(38(6,36)37)23-13-8-12-22(17-23)27(28,29)30/h7-8,10-13,16-17,20H,9,14-15,18H2,1-6H3,(H,31,35). The Morgan fingerprint density at radius 3 is 2.21 bits per heavy atom. The van der Waals surface area contributed by atoms with Crippen LogP contribution in [0.2, 0.25) is 0 Å². The average molecular weight is 556 g/mol. The number of hydrogen-bond donors (Lipinski definition) is 1. The maximum atomic E-state index is 13.3. The summed E-state index contributed by atoms with van der Waals surface area (Å²) in [7, 11) is -3.92. The van der Waals surface area contributed by atoms with Crippen LogP contribution in [0.25, 0.3) is 0 Å². The Kier molecular flexibility index (Phi) is 9.99. The van der Waals surface area contributed by atoms with Gasteiger partial charge in [-0.3, -0.25) is 13.9 Å². The maximum Gasteiger partial charge on any atom is 0.416 e. The molecule has 2 amide bonds. The number of carbonyl (C=O) groups excluding carboxylic acids is 2. The second-order valence-electron chi connectivity index (χ2n) is 10.4. The van der Waals surface area contributed by atoms with Gasteiger partial charge in [0.2, 0.25) is 21.8 Å². The van der Waals surface area contributed by atoms with E-state index >= 15 is 0 Å². The third-order valence-electron chi connectivity index (χ3n) is 5.71. The molecule has 0 saturated carbocycles. The zero-order valence-electron chi connectivity index (χ0n) is 22.6. The fourth-order valence-corrected chi connectivity index (χ4v) is 4.86. The molecule has 0 spiro atoms. The van der Waals surface area contributed by atoms with Crippen molar-refractivity contribution in [3.63, 3.8) is 0 Å². The first-order valence-corrected chi connectivity index (χ1v) is 14.1. The van der Waals surface area contributed by atoms with Gasteiger partial charge in [-0.25, -0.2) is 8.42 Å². The molecule has 0 aliphatic carbocycles. The fraction of sp³-hybridized carbons (Fsp3) is 0.481. The van der Waals surface area contributed by atoms with Crippen molar-refractivity contribution in [2.24, 2.45) is 0 Å². The Morgan fingerprint density at radius 2 is 1.66 bits per heavy atom. The Hall–Kier alpha value is -3.08. The molecule has 2 aromatic rings. The molecule has 0 saturated heterocycles. The molecule has 0 radical (unpaired) electrons. The number of hydrogen-bond acceptors (Lipinski definition) is 4. The molecule has 38 heavy (non-hydrogen) atoms. The minimum Gasteiger partial charge on any atom is -0.350 e. The number of nitrogens with zero attached hydrogens (tertiary/aromatic N) is 2. The van der Waals surface area contributed by atoms with Gasteiger partial charge in [0.25, 0.3) is 0 Å². The monoisotopic (exact) mass is 555 g/mol. The predicted octanol–water partition coefficient (Wildman–Crippen LogP) is 4.89. The first-order valence-electron chi connectivity index (χ1n) is 12.2. The molecule has 0 fully saturated rings. The number of rotatable bonds is 10. The molecule has 0 aliphatic rings. The zero-order valence-corrected chi connectivity index (χ0v) is 23.4. The summed E-state index contributed by atoms with van der Waals surface area (Å²) in [5, 5.41) is 2.87. The summed E-state index contributed by atoms with van der Waals surface area (Å²) in [4.78, 5) is 27.7. The molecule has 210 valence electrons. The van der Waals surface area contributed by atoms with Gasteiger partial charge in [-0.2, -0.15) is 13.2 Å². The van der Waals surface area contributed by atoms with Crippen LogP contribution < -0.4 is 9.62 Å². The summed E-state index contributed by atoms with van der Waals surface area (Å²) in [6, 6.07) is 10.8.